The molecule has 0 aliphatic carbocycles. The Morgan fingerprint density at radius 3 is 2.50 bits per heavy atom. The molecule has 114 valence electrons. The zero-order valence-corrected chi connectivity index (χ0v) is 13.9. The first-order valence-corrected chi connectivity index (χ1v) is 8.57. The molecule has 1 N–H and O–H groups in total. The zero-order valence-electron chi connectivity index (χ0n) is 12.4. The minimum atomic E-state index is -3.55. The normalized spacial score (nSPS) is 12.2. The third-order valence-corrected chi connectivity index (χ3v) is 5.26. The molecule has 20 heavy (non-hydrogen) atoms. The van der Waals surface area contributed by atoms with Gasteiger partial charge in [-0.1, -0.05) is 25.4 Å². The fourth-order valence-corrected chi connectivity index (χ4v) is 3.80. The fraction of sp³-hybridized carbons (Fsp3) is 0.615. The number of nitrogens with one attached hydrogen (secondary N) is 1. The van der Waals surface area contributed by atoms with Gasteiger partial charge < -0.3 is 5.32 Å². The van der Waals surface area contributed by atoms with Crippen molar-refractivity contribution in [3.8, 4) is 0 Å². The Hall–Kier alpha value is -0.850. The van der Waals surface area contributed by atoms with Crippen LogP contribution in [0.1, 0.15) is 34.1 Å². The average Bonchev–Trinajstić information content (AvgIpc) is 2.37. The molecule has 0 aliphatic heterocycles. The van der Waals surface area contributed by atoms with Crippen molar-refractivity contribution in [2.75, 3.05) is 18.4 Å². The van der Waals surface area contributed by atoms with Gasteiger partial charge in [0.05, 0.1) is 5.02 Å². The summed E-state index contributed by atoms with van der Waals surface area (Å²) in [5.74, 6) is 0.514. The van der Waals surface area contributed by atoms with Gasteiger partial charge in [-0.2, -0.15) is 4.31 Å². The van der Waals surface area contributed by atoms with Crippen LogP contribution >= 0.6 is 11.6 Å². The number of anilines is 1. The molecule has 5 nitrogen and oxygen atoms in total. The second kappa shape index (κ2) is 7.24. The van der Waals surface area contributed by atoms with Crippen LogP contribution in [0.15, 0.2) is 17.2 Å². The smallest absolute Gasteiger partial charge is 0.244 e. The summed E-state index contributed by atoms with van der Waals surface area (Å²) in [4.78, 5) is 4.23. The molecule has 1 rings (SSSR count). The van der Waals surface area contributed by atoms with E-state index in [0.29, 0.717) is 17.4 Å². The van der Waals surface area contributed by atoms with Crippen LogP contribution < -0.4 is 5.32 Å². The topological polar surface area (TPSA) is 62.3 Å². The van der Waals surface area contributed by atoms with E-state index >= 15 is 0 Å². The van der Waals surface area contributed by atoms with Gasteiger partial charge in [0.2, 0.25) is 10.0 Å². The van der Waals surface area contributed by atoms with Crippen molar-refractivity contribution in [3.05, 3.63) is 17.3 Å². The Balaban J connectivity index is 3.11. The summed E-state index contributed by atoms with van der Waals surface area (Å²) in [7, 11) is -3.55. The van der Waals surface area contributed by atoms with E-state index in [-0.39, 0.29) is 10.9 Å². The van der Waals surface area contributed by atoms with E-state index in [0.717, 1.165) is 13.0 Å². The Morgan fingerprint density at radius 1 is 1.40 bits per heavy atom. The van der Waals surface area contributed by atoms with E-state index < -0.39 is 10.0 Å². The summed E-state index contributed by atoms with van der Waals surface area (Å²) >= 11 is 6.09. The second-order valence-electron chi connectivity index (χ2n) is 4.73. The molecule has 7 heteroatoms. The van der Waals surface area contributed by atoms with Gasteiger partial charge >= 0.3 is 0 Å². The molecule has 1 aromatic heterocycles. The Labute approximate surface area is 126 Å². The number of rotatable bonds is 7. The molecule has 0 spiro atoms. The summed E-state index contributed by atoms with van der Waals surface area (Å²) in [6, 6.07) is 1.34. The second-order valence-corrected chi connectivity index (χ2v) is 7.03. The number of hydrogen-bond donors (Lipinski definition) is 1. The number of nitrogens with zero attached hydrogens (tertiary/aromatic N) is 2. The van der Waals surface area contributed by atoms with E-state index in [9.17, 15) is 8.42 Å². The van der Waals surface area contributed by atoms with Crippen molar-refractivity contribution in [2.24, 2.45) is 0 Å². The van der Waals surface area contributed by atoms with Gasteiger partial charge in [0.1, 0.15) is 10.7 Å². The maximum atomic E-state index is 12.5. The number of aromatic nitrogens is 1. The number of sulfonamides is 1. The monoisotopic (exact) mass is 319 g/mol. The molecule has 0 saturated heterocycles. The molecular formula is C13H22ClN3O2S. The lowest BCUT2D eigenvalue weighted by atomic mass is 10.4. The van der Waals surface area contributed by atoms with Crippen molar-refractivity contribution in [1.29, 1.82) is 0 Å². The molecule has 0 unspecified atom stereocenters. The van der Waals surface area contributed by atoms with Gasteiger partial charge in [-0.05, 0) is 26.3 Å². The molecule has 1 heterocycles. The van der Waals surface area contributed by atoms with Gasteiger partial charge in [0.25, 0.3) is 0 Å². The maximum absolute atomic E-state index is 12.5. The predicted molar refractivity (Wildman–Crippen MR) is 82.7 cm³/mol. The highest BCUT2D eigenvalue weighted by Crippen LogP contribution is 2.25. The van der Waals surface area contributed by atoms with E-state index in [1.54, 1.807) is 0 Å². The zero-order chi connectivity index (χ0) is 15.3. The average molecular weight is 320 g/mol. The summed E-state index contributed by atoms with van der Waals surface area (Å²) < 4.78 is 26.4. The van der Waals surface area contributed by atoms with Crippen molar-refractivity contribution in [3.63, 3.8) is 0 Å². The lowest BCUT2D eigenvalue weighted by molar-refractivity contribution is 0.369. The van der Waals surface area contributed by atoms with Gasteiger partial charge in [-0.25, -0.2) is 13.4 Å². The van der Waals surface area contributed by atoms with Crippen LogP contribution in [0.4, 0.5) is 5.82 Å². The molecule has 0 aliphatic rings. The largest absolute Gasteiger partial charge is 0.369 e. The summed E-state index contributed by atoms with van der Waals surface area (Å²) in [5.41, 5.74) is 0. The minimum Gasteiger partial charge on any atom is -0.369 e. The molecular weight excluding hydrogens is 298 g/mol. The van der Waals surface area contributed by atoms with E-state index in [2.05, 4.69) is 10.3 Å². The molecule has 1 aromatic rings. The lowest BCUT2D eigenvalue weighted by Gasteiger charge is -2.24. The standard InChI is InChI=1S/C13H22ClN3O2S/c1-5-7-15-13-12(14)8-11(9-16-13)20(18,19)17(6-2)10(3)4/h8-10H,5-7H2,1-4H3,(H,15,16). The molecule has 0 fully saturated rings. The highest BCUT2D eigenvalue weighted by atomic mass is 35.5. The number of pyridine rings is 1. The molecule has 0 aromatic carbocycles. The van der Waals surface area contributed by atoms with Gasteiger partial charge in [0, 0.05) is 25.3 Å². The lowest BCUT2D eigenvalue weighted by Crippen LogP contribution is -2.36. The first kappa shape index (κ1) is 17.2. The Bertz CT molecular complexity index is 547. The van der Waals surface area contributed by atoms with Crippen LogP contribution in [-0.4, -0.2) is 36.8 Å². The third-order valence-electron chi connectivity index (χ3n) is 2.85. The number of halogens is 1. The number of hydrogen-bond acceptors (Lipinski definition) is 4. The Morgan fingerprint density at radius 2 is 2.05 bits per heavy atom. The van der Waals surface area contributed by atoms with Crippen molar-refractivity contribution in [2.45, 2.75) is 45.1 Å². The van der Waals surface area contributed by atoms with Gasteiger partial charge in [0.15, 0.2) is 0 Å². The summed E-state index contributed by atoms with van der Waals surface area (Å²) in [5, 5.41) is 3.37. The maximum Gasteiger partial charge on any atom is 0.244 e. The molecule has 0 bridgehead atoms. The van der Waals surface area contributed by atoms with Crippen molar-refractivity contribution >= 4 is 27.4 Å². The first-order chi connectivity index (χ1) is 9.34. The van der Waals surface area contributed by atoms with E-state index in [1.807, 2.05) is 27.7 Å². The highest BCUT2D eigenvalue weighted by molar-refractivity contribution is 7.89. The molecule has 0 radical (unpaired) electrons. The SMILES string of the molecule is CCCNc1ncc(S(=O)(=O)N(CC)C(C)C)cc1Cl. The quantitative estimate of drug-likeness (QED) is 0.839. The van der Waals surface area contributed by atoms with Crippen LogP contribution in [0.2, 0.25) is 5.02 Å². The van der Waals surface area contributed by atoms with Crippen LogP contribution in [0.5, 0.6) is 0 Å². The van der Waals surface area contributed by atoms with Gasteiger partial charge in [-0.15, -0.1) is 0 Å². The van der Waals surface area contributed by atoms with Crippen molar-refractivity contribution in [1.82, 2.24) is 9.29 Å². The first-order valence-electron chi connectivity index (χ1n) is 6.75. The van der Waals surface area contributed by atoms with E-state index in [1.165, 1.54) is 16.6 Å². The van der Waals surface area contributed by atoms with Crippen LogP contribution in [-0.2, 0) is 10.0 Å². The van der Waals surface area contributed by atoms with Crippen LogP contribution in [0, 0.1) is 0 Å². The highest BCUT2D eigenvalue weighted by Gasteiger charge is 2.26. The van der Waals surface area contributed by atoms with Crippen LogP contribution in [0.25, 0.3) is 0 Å². The van der Waals surface area contributed by atoms with Crippen molar-refractivity contribution < 1.29 is 8.42 Å². The minimum absolute atomic E-state index is 0.110. The molecule has 0 atom stereocenters. The van der Waals surface area contributed by atoms with Crippen LogP contribution in [0.3, 0.4) is 0 Å². The predicted octanol–water partition coefficient (Wildman–Crippen LogP) is 2.98. The molecule has 0 saturated carbocycles. The Kier molecular flexibility index (Phi) is 6.23. The fourth-order valence-electron chi connectivity index (χ4n) is 1.88. The molecule has 0 amide bonds. The summed E-state index contributed by atoms with van der Waals surface area (Å²) in [6.45, 7) is 8.67. The van der Waals surface area contributed by atoms with E-state index in [4.69, 9.17) is 11.6 Å². The summed E-state index contributed by atoms with van der Waals surface area (Å²) in [6.07, 6.45) is 2.29. The third kappa shape index (κ3) is 3.84. The van der Waals surface area contributed by atoms with Gasteiger partial charge in [-0.3, -0.25) is 0 Å².